The van der Waals surface area contributed by atoms with Crippen LogP contribution in [0.3, 0.4) is 0 Å². The maximum Gasteiger partial charge on any atom is 0.121 e. The summed E-state index contributed by atoms with van der Waals surface area (Å²) in [5, 5.41) is 0. The molecule has 1 aromatic carbocycles. The average molecular weight is 248 g/mol. The minimum atomic E-state index is 0.536. The maximum atomic E-state index is 5.57. The second-order valence-electron chi connectivity index (χ2n) is 5.20. The van der Waals surface area contributed by atoms with E-state index in [1.54, 1.807) is 0 Å². The average Bonchev–Trinajstić information content (AvgIpc) is 2.37. The van der Waals surface area contributed by atoms with Gasteiger partial charge in [0, 0.05) is 36.8 Å². The molecular formula is C15H24N2O. The van der Waals surface area contributed by atoms with E-state index < -0.39 is 0 Å². The number of hydrogen-bond donors (Lipinski definition) is 1. The standard InChI is InChI=1S/C15H24N2O/c1-3-15(4-2)11-17(12-15)13-6-5-7-14(10-13)18-9-8-16/h5-7,10H,3-4,8-9,11-12,16H2,1-2H3. The summed E-state index contributed by atoms with van der Waals surface area (Å²) in [6.45, 7) is 8.06. The van der Waals surface area contributed by atoms with Crippen molar-refractivity contribution in [3.8, 4) is 5.75 Å². The highest BCUT2D eigenvalue weighted by Gasteiger charge is 2.39. The SMILES string of the molecule is CCC1(CC)CN(c2cccc(OCCN)c2)C1. The van der Waals surface area contributed by atoms with Crippen molar-refractivity contribution in [3.63, 3.8) is 0 Å². The minimum Gasteiger partial charge on any atom is -0.492 e. The second kappa shape index (κ2) is 5.61. The van der Waals surface area contributed by atoms with Gasteiger partial charge in [0.2, 0.25) is 0 Å². The Balaban J connectivity index is 1.98. The molecule has 0 aliphatic carbocycles. The van der Waals surface area contributed by atoms with Gasteiger partial charge >= 0.3 is 0 Å². The van der Waals surface area contributed by atoms with Crippen molar-refractivity contribution in [3.05, 3.63) is 24.3 Å². The van der Waals surface area contributed by atoms with E-state index in [4.69, 9.17) is 10.5 Å². The Labute approximate surface area is 110 Å². The number of anilines is 1. The summed E-state index contributed by atoms with van der Waals surface area (Å²) in [6.07, 6.45) is 2.53. The van der Waals surface area contributed by atoms with Crippen molar-refractivity contribution >= 4 is 5.69 Å². The van der Waals surface area contributed by atoms with Gasteiger partial charge < -0.3 is 15.4 Å². The number of hydrogen-bond acceptors (Lipinski definition) is 3. The maximum absolute atomic E-state index is 5.57. The van der Waals surface area contributed by atoms with Gasteiger partial charge in [-0.2, -0.15) is 0 Å². The smallest absolute Gasteiger partial charge is 0.121 e. The fraction of sp³-hybridized carbons (Fsp3) is 0.600. The van der Waals surface area contributed by atoms with E-state index >= 15 is 0 Å². The first-order chi connectivity index (χ1) is 8.73. The molecule has 0 atom stereocenters. The summed E-state index contributed by atoms with van der Waals surface area (Å²) in [6, 6.07) is 8.32. The minimum absolute atomic E-state index is 0.536. The fourth-order valence-electron chi connectivity index (χ4n) is 2.59. The van der Waals surface area contributed by atoms with Crippen molar-refractivity contribution < 1.29 is 4.74 Å². The molecule has 0 saturated carbocycles. The van der Waals surface area contributed by atoms with Crippen molar-refractivity contribution in [2.24, 2.45) is 11.1 Å². The molecular weight excluding hydrogens is 224 g/mol. The van der Waals surface area contributed by atoms with E-state index in [0.29, 0.717) is 18.6 Å². The van der Waals surface area contributed by atoms with Gasteiger partial charge in [-0.3, -0.25) is 0 Å². The summed E-state index contributed by atoms with van der Waals surface area (Å²) < 4.78 is 5.57. The molecule has 0 amide bonds. The van der Waals surface area contributed by atoms with Crippen LogP contribution in [0, 0.1) is 5.41 Å². The van der Waals surface area contributed by atoms with Gasteiger partial charge in [0.15, 0.2) is 0 Å². The Morgan fingerprint density at radius 3 is 2.61 bits per heavy atom. The second-order valence-corrected chi connectivity index (χ2v) is 5.20. The van der Waals surface area contributed by atoms with E-state index in [0.717, 1.165) is 5.75 Å². The number of benzene rings is 1. The molecule has 0 radical (unpaired) electrons. The van der Waals surface area contributed by atoms with Gasteiger partial charge in [0.25, 0.3) is 0 Å². The van der Waals surface area contributed by atoms with Crippen molar-refractivity contribution in [2.75, 3.05) is 31.1 Å². The van der Waals surface area contributed by atoms with Crippen LogP contribution in [0.4, 0.5) is 5.69 Å². The quantitative estimate of drug-likeness (QED) is 0.841. The number of nitrogens with two attached hydrogens (primary N) is 1. The summed E-state index contributed by atoms with van der Waals surface area (Å²) in [4.78, 5) is 2.43. The van der Waals surface area contributed by atoms with Gasteiger partial charge in [0.05, 0.1) is 0 Å². The first-order valence-electron chi connectivity index (χ1n) is 6.91. The molecule has 2 N–H and O–H groups in total. The first kappa shape index (κ1) is 13.2. The molecule has 18 heavy (non-hydrogen) atoms. The Kier molecular flexibility index (Phi) is 4.12. The first-order valence-corrected chi connectivity index (χ1v) is 6.91. The molecule has 1 aliphatic rings. The third-order valence-electron chi connectivity index (χ3n) is 4.12. The van der Waals surface area contributed by atoms with E-state index in [2.05, 4.69) is 36.9 Å². The molecule has 0 bridgehead atoms. The molecule has 1 aliphatic heterocycles. The van der Waals surface area contributed by atoms with Gasteiger partial charge in [-0.25, -0.2) is 0 Å². The van der Waals surface area contributed by atoms with Crippen molar-refractivity contribution in [1.82, 2.24) is 0 Å². The zero-order valence-corrected chi connectivity index (χ0v) is 11.5. The van der Waals surface area contributed by atoms with Gasteiger partial charge in [-0.15, -0.1) is 0 Å². The zero-order valence-electron chi connectivity index (χ0n) is 11.5. The lowest BCUT2D eigenvalue weighted by Crippen LogP contribution is -2.55. The van der Waals surface area contributed by atoms with Gasteiger partial charge in [0.1, 0.15) is 12.4 Å². The molecule has 1 aromatic rings. The van der Waals surface area contributed by atoms with Crippen molar-refractivity contribution in [1.29, 1.82) is 0 Å². The topological polar surface area (TPSA) is 38.5 Å². The lowest BCUT2D eigenvalue weighted by Gasteiger charge is -2.51. The molecule has 0 spiro atoms. The highest BCUT2D eigenvalue weighted by Crippen LogP contribution is 2.40. The molecule has 100 valence electrons. The zero-order chi connectivity index (χ0) is 13.0. The van der Waals surface area contributed by atoms with Crippen LogP contribution in [0.2, 0.25) is 0 Å². The third-order valence-corrected chi connectivity index (χ3v) is 4.12. The Bertz CT molecular complexity index is 380. The molecule has 1 saturated heterocycles. The predicted octanol–water partition coefficient (Wildman–Crippen LogP) is 2.65. The molecule has 3 heteroatoms. The molecule has 2 rings (SSSR count). The molecule has 1 fully saturated rings. The van der Waals surface area contributed by atoms with E-state index in [1.165, 1.54) is 31.6 Å². The van der Waals surface area contributed by atoms with Crippen LogP contribution in [0.5, 0.6) is 5.75 Å². The Morgan fingerprint density at radius 2 is 2.00 bits per heavy atom. The summed E-state index contributed by atoms with van der Waals surface area (Å²) in [5.41, 5.74) is 7.25. The summed E-state index contributed by atoms with van der Waals surface area (Å²) >= 11 is 0. The van der Waals surface area contributed by atoms with Crippen LogP contribution in [0.15, 0.2) is 24.3 Å². The fourth-order valence-corrected chi connectivity index (χ4v) is 2.59. The lowest BCUT2D eigenvalue weighted by atomic mass is 9.75. The van der Waals surface area contributed by atoms with Crippen LogP contribution in [-0.4, -0.2) is 26.2 Å². The Hall–Kier alpha value is -1.22. The monoisotopic (exact) mass is 248 g/mol. The van der Waals surface area contributed by atoms with Crippen LogP contribution in [0.25, 0.3) is 0 Å². The normalized spacial score (nSPS) is 17.4. The third kappa shape index (κ3) is 2.61. The summed E-state index contributed by atoms with van der Waals surface area (Å²) in [7, 11) is 0. The van der Waals surface area contributed by atoms with Crippen LogP contribution in [0.1, 0.15) is 26.7 Å². The predicted molar refractivity (Wildman–Crippen MR) is 76.2 cm³/mol. The number of rotatable bonds is 6. The number of nitrogens with zero attached hydrogens (tertiary/aromatic N) is 1. The van der Waals surface area contributed by atoms with E-state index in [9.17, 15) is 0 Å². The van der Waals surface area contributed by atoms with Gasteiger partial charge in [-0.1, -0.05) is 19.9 Å². The van der Waals surface area contributed by atoms with Crippen LogP contribution >= 0.6 is 0 Å². The molecule has 3 nitrogen and oxygen atoms in total. The highest BCUT2D eigenvalue weighted by molar-refractivity contribution is 5.53. The highest BCUT2D eigenvalue weighted by atomic mass is 16.5. The van der Waals surface area contributed by atoms with Gasteiger partial charge in [-0.05, 0) is 25.0 Å². The van der Waals surface area contributed by atoms with Crippen LogP contribution < -0.4 is 15.4 Å². The Morgan fingerprint density at radius 1 is 1.28 bits per heavy atom. The molecule has 0 unspecified atom stereocenters. The van der Waals surface area contributed by atoms with Crippen LogP contribution in [-0.2, 0) is 0 Å². The number of ether oxygens (including phenoxy) is 1. The largest absolute Gasteiger partial charge is 0.492 e. The van der Waals surface area contributed by atoms with E-state index in [-0.39, 0.29) is 0 Å². The summed E-state index contributed by atoms with van der Waals surface area (Å²) in [5.74, 6) is 0.920. The lowest BCUT2D eigenvalue weighted by molar-refractivity contribution is 0.194. The van der Waals surface area contributed by atoms with Crippen molar-refractivity contribution in [2.45, 2.75) is 26.7 Å². The molecule has 0 aromatic heterocycles. The molecule has 1 heterocycles. The van der Waals surface area contributed by atoms with E-state index in [1.807, 2.05) is 6.07 Å².